The monoisotopic (exact) mass is 574 g/mol. The summed E-state index contributed by atoms with van der Waals surface area (Å²) in [5.74, 6) is -12.3. The molecule has 0 aliphatic carbocycles. The van der Waals surface area contributed by atoms with E-state index in [0.29, 0.717) is 25.0 Å². The van der Waals surface area contributed by atoms with E-state index in [2.05, 4.69) is 0 Å². The number of alkyl halides is 6. The molecule has 0 radical (unpaired) electrons. The van der Waals surface area contributed by atoms with Gasteiger partial charge in [0.1, 0.15) is 0 Å². The summed E-state index contributed by atoms with van der Waals surface area (Å²) in [5, 5.41) is 0. The zero-order chi connectivity index (χ0) is 23.6. The third-order valence-electron chi connectivity index (χ3n) is 4.42. The van der Waals surface area contributed by atoms with E-state index in [0.717, 1.165) is 0 Å². The second-order valence-corrected chi connectivity index (χ2v) is 9.39. The van der Waals surface area contributed by atoms with Crippen molar-refractivity contribution in [3.8, 4) is 0 Å². The number of amides is 2. The van der Waals surface area contributed by atoms with Crippen LogP contribution in [0.4, 0.5) is 35.1 Å². The molecule has 0 saturated carbocycles. The van der Waals surface area contributed by atoms with Crippen molar-refractivity contribution < 1.29 is 66.2 Å². The van der Waals surface area contributed by atoms with Gasteiger partial charge in [0.25, 0.3) is 0 Å². The first-order valence-corrected chi connectivity index (χ1v) is 11.1. The van der Waals surface area contributed by atoms with Crippen molar-refractivity contribution in [2.45, 2.75) is 47.9 Å². The maximum atomic E-state index is 13.7. The number of nitrogens with zero attached hydrogens (tertiary/aromatic N) is 1. The summed E-state index contributed by atoms with van der Waals surface area (Å²) < 4.78 is 104. The van der Waals surface area contributed by atoms with E-state index in [1.807, 2.05) is 0 Å². The number of likely N-dealkylation sites (tertiary alicyclic amines) is 1. The van der Waals surface area contributed by atoms with Gasteiger partial charge in [-0.15, -0.1) is 0 Å². The van der Waals surface area contributed by atoms with Gasteiger partial charge in [-0.1, -0.05) is 0 Å². The fourth-order valence-electron chi connectivity index (χ4n) is 2.84. The van der Waals surface area contributed by atoms with Gasteiger partial charge in [-0.05, 0) is 0 Å². The van der Waals surface area contributed by atoms with Crippen molar-refractivity contribution in [2.75, 3.05) is 6.54 Å². The van der Waals surface area contributed by atoms with Crippen molar-refractivity contribution in [1.82, 2.24) is 8.43 Å². The molecule has 1 heterocycles. The number of halogens is 9. The van der Waals surface area contributed by atoms with Crippen LogP contribution in [0.1, 0.15) is 24.8 Å². The standard InChI is InChI=1S/C17H17F8IN3O2/c18-10-7-12(20)11(19)5-8(10)4-9(27)6-14(30)29-3-1-2-13(29)26-28-15(31)16(21,22)17(23,24)25/h5,7,9,13H,1-4,6,27H2,(H,28,31)/q-1/t9-,13+/m1/s1. The third-order valence-corrected chi connectivity index (χ3v) is 7.23. The molecule has 0 aromatic heterocycles. The van der Waals surface area contributed by atoms with Crippen molar-refractivity contribution in [3.05, 3.63) is 35.1 Å². The summed E-state index contributed by atoms with van der Waals surface area (Å²) in [6.45, 7) is 0.182. The second kappa shape index (κ2) is 9.83. The molecular weight excluding hydrogens is 557 g/mol. The maximum absolute atomic E-state index is 13.7. The SMILES string of the molecule is N[C@@H](CC(=O)N1CCC[C@H]1[I-]NC(=O)C(F)(F)C(F)(F)F)Cc1cc(F)c(F)cc1F. The molecule has 3 N–H and O–H groups in total. The van der Waals surface area contributed by atoms with Crippen LogP contribution in [0.3, 0.4) is 0 Å². The van der Waals surface area contributed by atoms with Crippen LogP contribution in [0.25, 0.3) is 0 Å². The Hall–Kier alpha value is -1.71. The molecule has 31 heavy (non-hydrogen) atoms. The van der Waals surface area contributed by atoms with Gasteiger partial charge in [0.05, 0.1) is 0 Å². The molecule has 1 saturated heterocycles. The first-order chi connectivity index (χ1) is 14.2. The number of rotatable bonds is 7. The topological polar surface area (TPSA) is 75.4 Å². The van der Waals surface area contributed by atoms with Gasteiger partial charge in [0.2, 0.25) is 0 Å². The fraction of sp³-hybridized carbons (Fsp3) is 0.529. The van der Waals surface area contributed by atoms with E-state index in [4.69, 9.17) is 5.73 Å². The summed E-state index contributed by atoms with van der Waals surface area (Å²) in [6.07, 6.45) is -5.95. The number of carbonyl (C=O) groups is 2. The van der Waals surface area contributed by atoms with Crippen LogP contribution >= 0.6 is 0 Å². The van der Waals surface area contributed by atoms with E-state index in [1.54, 1.807) is 3.53 Å². The molecule has 1 aromatic carbocycles. The zero-order valence-electron chi connectivity index (χ0n) is 15.6. The summed E-state index contributed by atoms with van der Waals surface area (Å²) in [6, 6.07) is -0.0230. The summed E-state index contributed by atoms with van der Waals surface area (Å²) in [5.41, 5.74) is 5.54. The van der Waals surface area contributed by atoms with E-state index in [-0.39, 0.29) is 24.9 Å². The van der Waals surface area contributed by atoms with Gasteiger partial charge in [0, 0.05) is 0 Å². The number of hydrogen-bond acceptors (Lipinski definition) is 3. The van der Waals surface area contributed by atoms with E-state index in [9.17, 15) is 44.7 Å². The van der Waals surface area contributed by atoms with Crippen LogP contribution in [0.15, 0.2) is 12.1 Å². The van der Waals surface area contributed by atoms with Crippen LogP contribution in [0.5, 0.6) is 0 Å². The summed E-state index contributed by atoms with van der Waals surface area (Å²) in [4.78, 5) is 24.9. The van der Waals surface area contributed by atoms with Crippen LogP contribution in [0, 0.1) is 17.5 Å². The molecular formula is C17H17F8IN3O2-. The van der Waals surface area contributed by atoms with Crippen LogP contribution in [-0.2, 0) is 16.0 Å². The predicted octanol–water partition coefficient (Wildman–Crippen LogP) is -0.370. The van der Waals surface area contributed by atoms with Crippen LogP contribution in [0.2, 0.25) is 0 Å². The fourth-order valence-corrected chi connectivity index (χ4v) is 5.50. The first kappa shape index (κ1) is 25.5. The molecule has 2 atom stereocenters. The molecule has 2 rings (SSSR count). The Morgan fingerprint density at radius 2 is 1.74 bits per heavy atom. The zero-order valence-corrected chi connectivity index (χ0v) is 17.7. The number of benzene rings is 1. The van der Waals surface area contributed by atoms with Gasteiger partial charge in [-0.25, -0.2) is 0 Å². The molecule has 0 unspecified atom stereocenters. The molecule has 1 aromatic rings. The predicted molar refractivity (Wildman–Crippen MR) is 86.5 cm³/mol. The molecule has 1 aliphatic rings. The van der Waals surface area contributed by atoms with Crippen LogP contribution < -0.4 is 30.7 Å². The average Bonchev–Trinajstić information content (AvgIpc) is 3.11. The van der Waals surface area contributed by atoms with Gasteiger partial charge in [0.15, 0.2) is 0 Å². The minimum absolute atomic E-state index is 0.182. The Bertz CT molecular complexity index is 836. The first-order valence-electron chi connectivity index (χ1n) is 8.80. The Morgan fingerprint density at radius 3 is 2.35 bits per heavy atom. The Morgan fingerprint density at radius 1 is 1.13 bits per heavy atom. The molecule has 1 fully saturated rings. The molecule has 1 aliphatic heterocycles. The summed E-state index contributed by atoms with van der Waals surface area (Å²) >= 11 is -1.76. The summed E-state index contributed by atoms with van der Waals surface area (Å²) in [7, 11) is 0. The Labute approximate surface area is 181 Å². The number of carbonyl (C=O) groups excluding carboxylic acids is 2. The Kier molecular flexibility index (Phi) is 8.10. The minimum atomic E-state index is -6.03. The van der Waals surface area contributed by atoms with E-state index < -0.39 is 72.9 Å². The van der Waals surface area contributed by atoms with Crippen molar-refractivity contribution >= 4 is 11.8 Å². The number of hydrogen-bond donors (Lipinski definition) is 2. The van der Waals surface area contributed by atoms with Crippen molar-refractivity contribution in [2.24, 2.45) is 5.73 Å². The molecule has 176 valence electrons. The molecule has 0 spiro atoms. The second-order valence-electron chi connectivity index (χ2n) is 6.79. The van der Waals surface area contributed by atoms with Gasteiger partial charge in [-0.3, -0.25) is 0 Å². The number of nitrogens with two attached hydrogens (primary N) is 1. The molecule has 14 heteroatoms. The van der Waals surface area contributed by atoms with Crippen LogP contribution in [-0.4, -0.2) is 45.4 Å². The Balaban J connectivity index is 1.94. The average molecular weight is 574 g/mol. The molecule has 5 nitrogen and oxygen atoms in total. The van der Waals surface area contributed by atoms with Crippen molar-refractivity contribution in [1.29, 1.82) is 0 Å². The van der Waals surface area contributed by atoms with Crippen molar-refractivity contribution in [3.63, 3.8) is 0 Å². The normalized spacial score (nSPS) is 18.4. The van der Waals surface area contributed by atoms with Gasteiger partial charge in [-0.2, -0.15) is 0 Å². The number of nitrogens with one attached hydrogen (secondary N) is 1. The van der Waals surface area contributed by atoms with Gasteiger partial charge < -0.3 is 0 Å². The third kappa shape index (κ3) is 6.17. The van der Waals surface area contributed by atoms with Gasteiger partial charge >= 0.3 is 182 Å². The quantitative estimate of drug-likeness (QED) is 0.117. The molecule has 0 bridgehead atoms. The van der Waals surface area contributed by atoms with E-state index in [1.165, 1.54) is 4.90 Å². The molecule has 2 amide bonds. The van der Waals surface area contributed by atoms with E-state index >= 15 is 0 Å².